The molecule has 3 aromatic rings. The van der Waals surface area contributed by atoms with Gasteiger partial charge in [0.05, 0.1) is 19.8 Å². The first kappa shape index (κ1) is 19.5. The average Bonchev–Trinajstić information content (AvgIpc) is 3.16. The number of morpholine rings is 1. The van der Waals surface area contributed by atoms with E-state index in [1.54, 1.807) is 23.9 Å². The van der Waals surface area contributed by atoms with E-state index in [1.165, 1.54) is 5.56 Å². The molecule has 0 saturated carbocycles. The van der Waals surface area contributed by atoms with E-state index in [9.17, 15) is 4.79 Å². The van der Waals surface area contributed by atoms with Gasteiger partial charge in [0.15, 0.2) is 5.16 Å². The van der Waals surface area contributed by atoms with E-state index < -0.39 is 5.91 Å². The number of primary amides is 1. The molecular weight excluding hydrogens is 386 g/mol. The SMILES string of the molecule is NC(=O)c1ccc(CSc2nnc(N3CCOCC3)n2Cc2ccccc2)cc1. The molecule has 0 bridgehead atoms. The number of nitrogens with zero attached hydrogens (tertiary/aromatic N) is 4. The van der Waals surface area contributed by atoms with Crippen LogP contribution in [0.1, 0.15) is 21.5 Å². The maximum atomic E-state index is 11.2. The Morgan fingerprint density at radius 2 is 1.72 bits per heavy atom. The topological polar surface area (TPSA) is 86.3 Å². The van der Waals surface area contributed by atoms with Crippen LogP contribution >= 0.6 is 11.8 Å². The van der Waals surface area contributed by atoms with Crippen LogP contribution in [0.25, 0.3) is 0 Å². The van der Waals surface area contributed by atoms with Crippen molar-refractivity contribution in [2.75, 3.05) is 31.2 Å². The summed E-state index contributed by atoms with van der Waals surface area (Å²) in [5.41, 5.74) is 8.13. The monoisotopic (exact) mass is 409 g/mol. The van der Waals surface area contributed by atoms with Gasteiger partial charge in [-0.15, -0.1) is 10.2 Å². The molecule has 0 radical (unpaired) electrons. The molecule has 0 spiro atoms. The number of carbonyl (C=O) groups is 1. The third-order valence-electron chi connectivity index (χ3n) is 4.78. The number of carbonyl (C=O) groups excluding carboxylic acids is 1. The van der Waals surface area contributed by atoms with E-state index in [1.807, 2.05) is 30.3 Å². The molecule has 0 atom stereocenters. The number of benzene rings is 2. The molecule has 29 heavy (non-hydrogen) atoms. The van der Waals surface area contributed by atoms with Gasteiger partial charge in [-0.2, -0.15) is 0 Å². The second-order valence-corrected chi connectivity index (χ2v) is 7.75. The smallest absolute Gasteiger partial charge is 0.248 e. The van der Waals surface area contributed by atoms with Crippen LogP contribution in [0.2, 0.25) is 0 Å². The van der Waals surface area contributed by atoms with Crippen molar-refractivity contribution < 1.29 is 9.53 Å². The minimum atomic E-state index is -0.415. The molecule has 1 fully saturated rings. The van der Waals surface area contributed by atoms with Gasteiger partial charge in [0.25, 0.3) is 0 Å². The van der Waals surface area contributed by atoms with Gasteiger partial charge < -0.3 is 15.4 Å². The van der Waals surface area contributed by atoms with Crippen molar-refractivity contribution in [2.45, 2.75) is 17.5 Å². The van der Waals surface area contributed by atoms with Crippen LogP contribution in [-0.4, -0.2) is 47.0 Å². The standard InChI is InChI=1S/C21H23N5O2S/c22-19(27)18-8-6-17(7-9-18)15-29-21-24-23-20(25-10-12-28-13-11-25)26(21)14-16-4-2-1-3-5-16/h1-9H,10-15H2,(H2,22,27). The fraction of sp³-hybridized carbons (Fsp3) is 0.286. The summed E-state index contributed by atoms with van der Waals surface area (Å²) in [5.74, 6) is 1.19. The normalized spacial score (nSPS) is 14.1. The largest absolute Gasteiger partial charge is 0.378 e. The quantitative estimate of drug-likeness (QED) is 0.604. The minimum Gasteiger partial charge on any atom is -0.378 e. The molecule has 4 rings (SSSR count). The summed E-state index contributed by atoms with van der Waals surface area (Å²) in [6, 6.07) is 17.7. The first-order valence-corrected chi connectivity index (χ1v) is 10.5. The number of hydrogen-bond acceptors (Lipinski definition) is 6. The molecule has 0 unspecified atom stereocenters. The third-order valence-corrected chi connectivity index (χ3v) is 5.82. The number of ether oxygens (including phenoxy) is 1. The zero-order chi connectivity index (χ0) is 20.1. The summed E-state index contributed by atoms with van der Waals surface area (Å²) < 4.78 is 7.65. The Bertz CT molecular complexity index is 953. The number of aromatic nitrogens is 3. The summed E-state index contributed by atoms with van der Waals surface area (Å²) in [6.07, 6.45) is 0. The lowest BCUT2D eigenvalue weighted by Gasteiger charge is -2.28. The molecule has 1 saturated heterocycles. The lowest BCUT2D eigenvalue weighted by molar-refractivity contribution is 0.100. The third kappa shape index (κ3) is 4.78. The summed E-state index contributed by atoms with van der Waals surface area (Å²) in [7, 11) is 0. The van der Waals surface area contributed by atoms with Crippen LogP contribution in [0.15, 0.2) is 59.8 Å². The molecule has 150 valence electrons. The maximum Gasteiger partial charge on any atom is 0.248 e. The Kier molecular flexibility index (Phi) is 6.12. The first-order chi connectivity index (χ1) is 14.2. The molecule has 8 heteroatoms. The van der Waals surface area contributed by atoms with Gasteiger partial charge in [-0.1, -0.05) is 54.2 Å². The van der Waals surface area contributed by atoms with Gasteiger partial charge in [-0.05, 0) is 23.3 Å². The lowest BCUT2D eigenvalue weighted by Crippen LogP contribution is -2.38. The molecule has 1 aliphatic rings. The van der Waals surface area contributed by atoms with Crippen molar-refractivity contribution in [3.63, 3.8) is 0 Å². The summed E-state index contributed by atoms with van der Waals surface area (Å²) in [4.78, 5) is 13.5. The van der Waals surface area contributed by atoms with E-state index in [0.717, 1.165) is 35.5 Å². The lowest BCUT2D eigenvalue weighted by atomic mass is 10.1. The summed E-state index contributed by atoms with van der Waals surface area (Å²) in [6.45, 7) is 3.74. The molecule has 1 aromatic heterocycles. The molecule has 2 aromatic carbocycles. The number of amides is 1. The zero-order valence-corrected chi connectivity index (χ0v) is 16.8. The molecule has 7 nitrogen and oxygen atoms in total. The van der Waals surface area contributed by atoms with E-state index in [4.69, 9.17) is 10.5 Å². The van der Waals surface area contributed by atoms with Crippen molar-refractivity contribution in [1.82, 2.24) is 14.8 Å². The summed E-state index contributed by atoms with van der Waals surface area (Å²) in [5, 5.41) is 9.82. The van der Waals surface area contributed by atoms with E-state index >= 15 is 0 Å². The van der Waals surface area contributed by atoms with Gasteiger partial charge in [-0.3, -0.25) is 9.36 Å². The Morgan fingerprint density at radius 1 is 1.00 bits per heavy atom. The zero-order valence-electron chi connectivity index (χ0n) is 16.0. The number of anilines is 1. The van der Waals surface area contributed by atoms with Gasteiger partial charge >= 0.3 is 0 Å². The van der Waals surface area contributed by atoms with Gasteiger partial charge in [-0.25, -0.2) is 0 Å². The fourth-order valence-electron chi connectivity index (χ4n) is 3.20. The predicted molar refractivity (Wildman–Crippen MR) is 113 cm³/mol. The second kappa shape index (κ2) is 9.11. The summed E-state index contributed by atoms with van der Waals surface area (Å²) >= 11 is 1.63. The molecule has 1 aliphatic heterocycles. The Morgan fingerprint density at radius 3 is 2.41 bits per heavy atom. The Labute approximate surface area is 173 Å². The van der Waals surface area contributed by atoms with Crippen LogP contribution in [0.4, 0.5) is 5.95 Å². The molecule has 2 N–H and O–H groups in total. The first-order valence-electron chi connectivity index (χ1n) is 9.52. The highest BCUT2D eigenvalue weighted by atomic mass is 32.2. The van der Waals surface area contributed by atoms with Crippen LogP contribution in [0.3, 0.4) is 0 Å². The van der Waals surface area contributed by atoms with Gasteiger partial charge in [0.1, 0.15) is 0 Å². The van der Waals surface area contributed by atoms with Crippen LogP contribution < -0.4 is 10.6 Å². The molecule has 2 heterocycles. The minimum absolute atomic E-state index is 0.415. The predicted octanol–water partition coefficient (Wildman–Crippen LogP) is 2.55. The van der Waals surface area contributed by atoms with Crippen molar-refractivity contribution in [3.05, 3.63) is 71.3 Å². The van der Waals surface area contributed by atoms with Crippen LogP contribution in [0.5, 0.6) is 0 Å². The highest BCUT2D eigenvalue weighted by Gasteiger charge is 2.21. The van der Waals surface area contributed by atoms with Crippen molar-refractivity contribution in [2.24, 2.45) is 5.73 Å². The Balaban J connectivity index is 1.55. The molecule has 1 amide bonds. The number of hydrogen-bond donors (Lipinski definition) is 1. The van der Waals surface area contributed by atoms with Crippen molar-refractivity contribution >= 4 is 23.6 Å². The average molecular weight is 410 g/mol. The van der Waals surface area contributed by atoms with Crippen LogP contribution in [0, 0.1) is 0 Å². The van der Waals surface area contributed by atoms with Crippen LogP contribution in [-0.2, 0) is 17.0 Å². The number of nitrogens with two attached hydrogens (primary N) is 1. The van der Waals surface area contributed by atoms with Gasteiger partial charge in [0, 0.05) is 24.4 Å². The van der Waals surface area contributed by atoms with Crippen molar-refractivity contribution in [1.29, 1.82) is 0 Å². The van der Waals surface area contributed by atoms with Gasteiger partial charge in [0.2, 0.25) is 11.9 Å². The van der Waals surface area contributed by atoms with E-state index in [2.05, 4.69) is 31.8 Å². The molecule has 0 aliphatic carbocycles. The van der Waals surface area contributed by atoms with E-state index in [0.29, 0.717) is 25.3 Å². The molecular formula is C21H23N5O2S. The maximum absolute atomic E-state index is 11.2. The highest BCUT2D eigenvalue weighted by Crippen LogP contribution is 2.27. The number of rotatable bonds is 7. The second-order valence-electron chi connectivity index (χ2n) is 6.80. The Hall–Kier alpha value is -2.84. The highest BCUT2D eigenvalue weighted by molar-refractivity contribution is 7.98. The van der Waals surface area contributed by atoms with E-state index in [-0.39, 0.29) is 0 Å². The van der Waals surface area contributed by atoms with Crippen molar-refractivity contribution in [3.8, 4) is 0 Å². The number of thioether (sulfide) groups is 1. The fourth-order valence-corrected chi connectivity index (χ4v) is 4.09.